The average molecular weight is 235 g/mol. The van der Waals surface area contributed by atoms with E-state index in [1.165, 1.54) is 0 Å². The first-order valence-electron chi connectivity index (χ1n) is 4.65. The van der Waals surface area contributed by atoms with Crippen LogP contribution in [0.15, 0.2) is 15.8 Å². The van der Waals surface area contributed by atoms with E-state index in [1.54, 1.807) is 0 Å². The Morgan fingerprint density at radius 2 is 2.13 bits per heavy atom. The minimum Gasteiger partial charge on any atom is -0.266 e. The van der Waals surface area contributed by atoms with E-state index in [2.05, 4.69) is 0 Å². The number of hydrogen-bond donors (Lipinski definition) is 0. The predicted octanol–water partition coefficient (Wildman–Crippen LogP) is 1.20. The summed E-state index contributed by atoms with van der Waals surface area (Å²) in [5.74, 6) is -0.901. The Morgan fingerprint density at radius 1 is 1.53 bits per heavy atom. The molecule has 1 rings (SSSR count). The molecule has 4 nitrogen and oxygen atoms in total. The Bertz CT molecular complexity index is 432. The van der Waals surface area contributed by atoms with Crippen LogP contribution in [-0.4, -0.2) is 8.65 Å². The molecule has 0 aromatic carbocycles. The van der Waals surface area contributed by atoms with Gasteiger partial charge in [-0.1, -0.05) is 20.3 Å². The molecule has 84 valence electrons. The molecule has 6 heteroatoms. The number of halogens is 2. The van der Waals surface area contributed by atoms with E-state index in [0.29, 0.717) is 10.3 Å². The van der Waals surface area contributed by atoms with Gasteiger partial charge in [0.1, 0.15) is 0 Å². The van der Waals surface area contributed by atoms with Gasteiger partial charge in [0.25, 0.3) is 5.56 Å². The van der Waals surface area contributed by atoms with E-state index < -0.39 is 17.1 Å². The van der Waals surface area contributed by atoms with Gasteiger partial charge in [-0.2, -0.15) is 4.39 Å². The van der Waals surface area contributed by atoms with Crippen LogP contribution in [0.4, 0.5) is 4.39 Å². The largest absolute Gasteiger partial charge is 0.345 e. The quantitative estimate of drug-likeness (QED) is 0.789. The molecule has 0 N–H and O–H groups in total. The zero-order chi connectivity index (χ0) is 11.6. The molecule has 0 aliphatic carbocycles. The summed E-state index contributed by atoms with van der Waals surface area (Å²) in [5, 5.41) is 0. The highest BCUT2D eigenvalue weighted by Gasteiger charge is 2.12. The lowest BCUT2D eigenvalue weighted by molar-refractivity contribution is 0.429. The molecule has 1 aromatic rings. The lowest BCUT2D eigenvalue weighted by Gasteiger charge is -2.10. The molecule has 0 amide bonds. The Hall–Kier alpha value is -1.10. The number of hydrogen-bond acceptors (Lipinski definition) is 2. The number of nitrogens with zero attached hydrogens (tertiary/aromatic N) is 2. The van der Waals surface area contributed by atoms with E-state index in [-0.39, 0.29) is 12.5 Å². The Kier molecular flexibility index (Phi) is 3.68. The molecule has 0 aliphatic rings. The van der Waals surface area contributed by atoms with Crippen molar-refractivity contribution in [2.75, 3.05) is 0 Å². The smallest absolute Gasteiger partial charge is 0.266 e. The van der Waals surface area contributed by atoms with Gasteiger partial charge in [0, 0.05) is 18.3 Å². The predicted molar refractivity (Wildman–Crippen MR) is 55.6 cm³/mol. The summed E-state index contributed by atoms with van der Waals surface area (Å²) < 4.78 is 14.4. The molecule has 15 heavy (non-hydrogen) atoms. The molecule has 0 radical (unpaired) electrons. The molecule has 0 fully saturated rings. The van der Waals surface area contributed by atoms with E-state index in [0.717, 1.165) is 11.0 Å². The van der Waals surface area contributed by atoms with Crippen LogP contribution in [0.1, 0.15) is 20.3 Å². The second-order valence-electron chi connectivity index (χ2n) is 3.50. The molecule has 1 unspecified atom stereocenters. The van der Waals surface area contributed by atoms with Crippen LogP contribution in [0, 0.1) is 11.7 Å². The third-order valence-corrected chi connectivity index (χ3v) is 2.52. The third-order valence-electron chi connectivity index (χ3n) is 2.28. The summed E-state index contributed by atoms with van der Waals surface area (Å²) >= 11 is 5.42. The van der Waals surface area contributed by atoms with Gasteiger partial charge in [-0.25, -0.2) is 8.88 Å². The van der Waals surface area contributed by atoms with Crippen LogP contribution in [0.3, 0.4) is 0 Å². The normalized spacial score (nSPS) is 12.8. The van der Waals surface area contributed by atoms with Gasteiger partial charge in [0.2, 0.25) is 5.82 Å². The van der Waals surface area contributed by atoms with E-state index in [1.807, 2.05) is 13.8 Å². The van der Waals surface area contributed by atoms with Crippen molar-refractivity contribution >= 4 is 11.8 Å². The van der Waals surface area contributed by atoms with Gasteiger partial charge in [0.15, 0.2) is 0 Å². The fraction of sp³-hybridized carbons (Fsp3) is 0.556. The summed E-state index contributed by atoms with van der Waals surface area (Å²) in [4.78, 5) is 22.7. The van der Waals surface area contributed by atoms with Crippen molar-refractivity contribution in [2.24, 2.45) is 5.92 Å². The minimum atomic E-state index is -1.02. The molecule has 0 saturated heterocycles. The highest BCUT2D eigenvalue weighted by atomic mass is 35.5. The van der Waals surface area contributed by atoms with Crippen molar-refractivity contribution in [3.05, 3.63) is 32.9 Å². The maximum absolute atomic E-state index is 13.0. The topological polar surface area (TPSA) is 44.0 Å². The Morgan fingerprint density at radius 3 is 2.67 bits per heavy atom. The van der Waals surface area contributed by atoms with Crippen molar-refractivity contribution in [2.45, 2.75) is 26.8 Å². The maximum Gasteiger partial charge on any atom is 0.345 e. The summed E-state index contributed by atoms with van der Waals surface area (Å²) in [6, 6.07) is 0. The fourth-order valence-electron chi connectivity index (χ4n) is 1.14. The fourth-order valence-corrected chi connectivity index (χ4v) is 1.32. The molecule has 0 spiro atoms. The first kappa shape index (κ1) is 12.0. The van der Waals surface area contributed by atoms with Gasteiger partial charge in [-0.3, -0.25) is 9.36 Å². The second-order valence-corrected chi connectivity index (χ2v) is 3.86. The maximum atomic E-state index is 13.0. The van der Waals surface area contributed by atoms with Crippen LogP contribution >= 0.6 is 11.8 Å². The Balaban J connectivity index is 3.28. The molecular formula is C9H12ClFN2O2. The van der Waals surface area contributed by atoms with E-state index >= 15 is 0 Å². The van der Waals surface area contributed by atoms with Gasteiger partial charge in [-0.05, 0) is 5.92 Å². The third kappa shape index (κ3) is 2.47. The van der Waals surface area contributed by atoms with Crippen molar-refractivity contribution in [1.29, 1.82) is 0 Å². The number of rotatable bonds is 3. The van der Waals surface area contributed by atoms with Crippen LogP contribution in [0.2, 0.25) is 0 Å². The zero-order valence-electron chi connectivity index (χ0n) is 8.54. The monoisotopic (exact) mass is 234 g/mol. The van der Waals surface area contributed by atoms with Crippen LogP contribution in [0.5, 0.6) is 0 Å². The molecular weight excluding hydrogens is 223 g/mol. The lowest BCUT2D eigenvalue weighted by atomic mass is 10.1. The standard InChI is InChI=1S/C9H12ClFN2O2/c1-3-6(2)4-12-8(14)7(11)5-13(10)9(12)15/h5-6H,3-4H2,1-2H3. The van der Waals surface area contributed by atoms with Crippen molar-refractivity contribution in [1.82, 2.24) is 8.65 Å². The zero-order valence-corrected chi connectivity index (χ0v) is 9.29. The van der Waals surface area contributed by atoms with Gasteiger partial charge in [-0.15, -0.1) is 0 Å². The first-order chi connectivity index (χ1) is 6.97. The second kappa shape index (κ2) is 4.61. The van der Waals surface area contributed by atoms with Crippen LogP contribution in [-0.2, 0) is 6.54 Å². The van der Waals surface area contributed by atoms with Crippen molar-refractivity contribution in [3.8, 4) is 0 Å². The summed E-state index contributed by atoms with van der Waals surface area (Å²) in [5.41, 5.74) is -1.62. The molecule has 1 atom stereocenters. The molecule has 0 saturated carbocycles. The highest BCUT2D eigenvalue weighted by Crippen LogP contribution is 2.01. The summed E-state index contributed by atoms with van der Waals surface area (Å²) in [6.45, 7) is 3.97. The average Bonchev–Trinajstić information content (AvgIpc) is 2.21. The Labute approximate surface area is 91.0 Å². The lowest BCUT2D eigenvalue weighted by Crippen LogP contribution is -2.40. The molecule has 0 aliphatic heterocycles. The van der Waals surface area contributed by atoms with Gasteiger partial charge in [0.05, 0.1) is 6.20 Å². The molecule has 0 bridgehead atoms. The van der Waals surface area contributed by atoms with Gasteiger partial charge < -0.3 is 0 Å². The molecule has 1 aromatic heterocycles. The van der Waals surface area contributed by atoms with Crippen molar-refractivity contribution in [3.63, 3.8) is 0 Å². The van der Waals surface area contributed by atoms with Crippen LogP contribution in [0.25, 0.3) is 0 Å². The number of aromatic nitrogens is 2. The van der Waals surface area contributed by atoms with E-state index in [9.17, 15) is 14.0 Å². The van der Waals surface area contributed by atoms with Crippen molar-refractivity contribution < 1.29 is 4.39 Å². The van der Waals surface area contributed by atoms with E-state index in [4.69, 9.17) is 11.8 Å². The van der Waals surface area contributed by atoms with Crippen LogP contribution < -0.4 is 11.2 Å². The summed E-state index contributed by atoms with van der Waals surface area (Å²) in [7, 11) is 0. The minimum absolute atomic E-state index is 0.119. The van der Waals surface area contributed by atoms with Gasteiger partial charge >= 0.3 is 5.69 Å². The molecule has 1 heterocycles. The SMILES string of the molecule is CCC(C)Cn1c(=O)c(F)cn(Cl)c1=O. The highest BCUT2D eigenvalue weighted by molar-refractivity contribution is 6.15. The summed E-state index contributed by atoms with van der Waals surface area (Å²) in [6.07, 6.45) is 1.48. The first-order valence-corrected chi connectivity index (χ1v) is 4.99.